The fourth-order valence-electron chi connectivity index (χ4n) is 0.603. The van der Waals surface area contributed by atoms with Gasteiger partial charge in [-0.05, 0) is 0 Å². The molecule has 0 bridgehead atoms. The lowest BCUT2D eigenvalue weighted by molar-refractivity contribution is 0.575. The average molecular weight is 106 g/mol. The average Bonchev–Trinajstić information content (AvgIpc) is 2.14. The SMILES string of the molecule is CN1[C]CC(C#N)=C1. The predicted octanol–water partition coefficient (Wildman–Crippen LogP) is 0.768. The zero-order chi connectivity index (χ0) is 5.98. The summed E-state index contributed by atoms with van der Waals surface area (Å²) in [4.78, 5) is 1.78. The van der Waals surface area contributed by atoms with Gasteiger partial charge in [-0.3, -0.25) is 0 Å². The third-order valence-corrected chi connectivity index (χ3v) is 1.01. The van der Waals surface area contributed by atoms with Gasteiger partial charge in [-0.25, -0.2) is 0 Å². The van der Waals surface area contributed by atoms with E-state index in [2.05, 4.69) is 12.6 Å². The van der Waals surface area contributed by atoms with Gasteiger partial charge in [0, 0.05) is 25.2 Å². The van der Waals surface area contributed by atoms with Crippen LogP contribution in [0.5, 0.6) is 0 Å². The molecule has 0 aromatic carbocycles. The molecule has 0 saturated heterocycles. The molecule has 0 aliphatic carbocycles. The Morgan fingerprint density at radius 1 is 2.00 bits per heavy atom. The molecule has 2 nitrogen and oxygen atoms in total. The minimum atomic E-state index is 0.674. The highest BCUT2D eigenvalue weighted by Gasteiger charge is 2.07. The van der Waals surface area contributed by atoms with Gasteiger partial charge in [0.25, 0.3) is 0 Å². The van der Waals surface area contributed by atoms with Crippen molar-refractivity contribution in [2.45, 2.75) is 6.42 Å². The van der Waals surface area contributed by atoms with Crippen LogP contribution in [0.15, 0.2) is 11.8 Å². The first-order valence-corrected chi connectivity index (χ1v) is 2.40. The lowest BCUT2D eigenvalue weighted by Crippen LogP contribution is -1.98. The first kappa shape index (κ1) is 5.17. The normalized spacial score (nSPS) is 18.0. The summed E-state index contributed by atoms with van der Waals surface area (Å²) in [5, 5.41) is 8.30. The van der Waals surface area contributed by atoms with Crippen LogP contribution in [-0.2, 0) is 0 Å². The Bertz CT molecular complexity index is 152. The van der Waals surface area contributed by atoms with E-state index in [9.17, 15) is 0 Å². The van der Waals surface area contributed by atoms with Crippen LogP contribution >= 0.6 is 0 Å². The standard InChI is InChI=1S/C6H6N2/c1-8-3-2-6(4-7)5-8/h5H,2H2,1H3. The van der Waals surface area contributed by atoms with Gasteiger partial charge in [0.2, 0.25) is 0 Å². The molecule has 0 atom stereocenters. The van der Waals surface area contributed by atoms with E-state index in [1.165, 1.54) is 0 Å². The number of nitriles is 1. The van der Waals surface area contributed by atoms with E-state index in [0.29, 0.717) is 6.42 Å². The fourth-order valence-corrected chi connectivity index (χ4v) is 0.603. The Balaban J connectivity index is 2.61. The van der Waals surface area contributed by atoms with Gasteiger partial charge in [-0.1, -0.05) is 0 Å². The van der Waals surface area contributed by atoms with Gasteiger partial charge in [0.1, 0.15) is 0 Å². The minimum Gasteiger partial charge on any atom is -0.369 e. The molecule has 40 valence electrons. The summed E-state index contributed by atoms with van der Waals surface area (Å²) >= 11 is 0. The van der Waals surface area contributed by atoms with Gasteiger partial charge in [0.15, 0.2) is 0 Å². The van der Waals surface area contributed by atoms with Crippen LogP contribution in [-0.4, -0.2) is 11.9 Å². The van der Waals surface area contributed by atoms with E-state index in [-0.39, 0.29) is 0 Å². The number of rotatable bonds is 0. The summed E-state index contributed by atoms with van der Waals surface area (Å²) in [5.41, 5.74) is 0.785. The molecule has 1 heterocycles. The molecular formula is C6H6N2. The van der Waals surface area contributed by atoms with E-state index < -0.39 is 0 Å². The van der Waals surface area contributed by atoms with Crippen LogP contribution in [0.4, 0.5) is 0 Å². The van der Waals surface area contributed by atoms with Crippen molar-refractivity contribution in [3.8, 4) is 6.07 Å². The second-order valence-corrected chi connectivity index (χ2v) is 1.71. The topological polar surface area (TPSA) is 27.0 Å². The molecule has 1 aliphatic rings. The summed E-state index contributed by atoms with van der Waals surface area (Å²) in [7, 11) is 1.87. The van der Waals surface area contributed by atoms with Gasteiger partial charge in [-0.15, -0.1) is 0 Å². The largest absolute Gasteiger partial charge is 0.369 e. The monoisotopic (exact) mass is 106 g/mol. The van der Waals surface area contributed by atoms with E-state index in [1.807, 2.05) is 7.05 Å². The van der Waals surface area contributed by atoms with E-state index in [4.69, 9.17) is 5.26 Å². The highest BCUT2D eigenvalue weighted by Crippen LogP contribution is 2.13. The lowest BCUT2D eigenvalue weighted by Gasteiger charge is -1.99. The second kappa shape index (κ2) is 1.87. The van der Waals surface area contributed by atoms with Crippen LogP contribution in [0.1, 0.15) is 6.42 Å². The smallest absolute Gasteiger partial charge is 0.0963 e. The number of nitrogens with zero attached hydrogens (tertiary/aromatic N) is 2. The quantitative estimate of drug-likeness (QED) is 0.456. The molecule has 0 unspecified atom stereocenters. The second-order valence-electron chi connectivity index (χ2n) is 1.71. The highest BCUT2D eigenvalue weighted by atomic mass is 15.1. The molecule has 1 rings (SSSR count). The molecule has 2 heteroatoms. The molecule has 0 aromatic heterocycles. The molecule has 0 aromatic rings. The number of hydrogen-bond donors (Lipinski definition) is 0. The first-order chi connectivity index (χ1) is 3.83. The van der Waals surface area contributed by atoms with Crippen molar-refractivity contribution in [2.75, 3.05) is 7.05 Å². The molecule has 8 heavy (non-hydrogen) atoms. The van der Waals surface area contributed by atoms with Crippen molar-refractivity contribution in [1.82, 2.24) is 4.90 Å². The summed E-state index contributed by atoms with van der Waals surface area (Å²) < 4.78 is 0. The zero-order valence-corrected chi connectivity index (χ0v) is 4.68. The molecule has 1 aliphatic heterocycles. The molecule has 0 amide bonds. The molecule has 0 saturated carbocycles. The van der Waals surface area contributed by atoms with E-state index in [0.717, 1.165) is 5.57 Å². The summed E-state index contributed by atoms with van der Waals surface area (Å²) in [5.74, 6) is 0. The third kappa shape index (κ3) is 0.812. The number of hydrogen-bond acceptors (Lipinski definition) is 2. The van der Waals surface area contributed by atoms with Gasteiger partial charge in [0.05, 0.1) is 12.6 Å². The molecule has 2 radical (unpaired) electrons. The van der Waals surface area contributed by atoms with Gasteiger partial charge in [-0.2, -0.15) is 5.26 Å². The Labute approximate surface area is 49.0 Å². The first-order valence-electron chi connectivity index (χ1n) is 2.40. The zero-order valence-electron chi connectivity index (χ0n) is 4.68. The van der Waals surface area contributed by atoms with Crippen LogP contribution < -0.4 is 0 Å². The third-order valence-electron chi connectivity index (χ3n) is 1.01. The van der Waals surface area contributed by atoms with Crippen molar-refractivity contribution in [1.29, 1.82) is 5.26 Å². The van der Waals surface area contributed by atoms with Crippen LogP contribution in [0.2, 0.25) is 0 Å². The minimum absolute atomic E-state index is 0.674. The molecule has 0 spiro atoms. The fraction of sp³-hybridized carbons (Fsp3) is 0.333. The van der Waals surface area contributed by atoms with Crippen molar-refractivity contribution in [2.24, 2.45) is 0 Å². The van der Waals surface area contributed by atoms with Gasteiger partial charge < -0.3 is 4.90 Å². The van der Waals surface area contributed by atoms with Crippen molar-refractivity contribution < 1.29 is 0 Å². The lowest BCUT2D eigenvalue weighted by atomic mass is 10.3. The summed E-state index contributed by atoms with van der Waals surface area (Å²) in [6.07, 6.45) is 2.45. The summed E-state index contributed by atoms with van der Waals surface area (Å²) in [6.45, 7) is 2.94. The van der Waals surface area contributed by atoms with Crippen molar-refractivity contribution in [3.63, 3.8) is 0 Å². The highest BCUT2D eigenvalue weighted by molar-refractivity contribution is 5.25. The van der Waals surface area contributed by atoms with Crippen LogP contribution in [0.25, 0.3) is 0 Å². The van der Waals surface area contributed by atoms with Crippen LogP contribution in [0, 0.1) is 17.9 Å². The van der Waals surface area contributed by atoms with Crippen molar-refractivity contribution in [3.05, 3.63) is 18.3 Å². The van der Waals surface area contributed by atoms with E-state index in [1.54, 1.807) is 11.1 Å². The maximum Gasteiger partial charge on any atom is 0.0963 e. The Morgan fingerprint density at radius 2 is 2.75 bits per heavy atom. The maximum atomic E-state index is 8.30. The maximum absolute atomic E-state index is 8.30. The van der Waals surface area contributed by atoms with Crippen molar-refractivity contribution >= 4 is 0 Å². The van der Waals surface area contributed by atoms with Gasteiger partial charge >= 0.3 is 0 Å². The molecular weight excluding hydrogens is 100 g/mol. The Kier molecular flexibility index (Phi) is 1.21. The Hall–Kier alpha value is -0.970. The predicted molar refractivity (Wildman–Crippen MR) is 29.3 cm³/mol. The molecule has 0 N–H and O–H groups in total. The van der Waals surface area contributed by atoms with E-state index >= 15 is 0 Å². The summed E-state index contributed by atoms with van der Waals surface area (Å²) in [6, 6.07) is 2.05. The Morgan fingerprint density at radius 3 is 3.00 bits per heavy atom. The van der Waals surface area contributed by atoms with Crippen LogP contribution in [0.3, 0.4) is 0 Å². The molecule has 0 fully saturated rings.